The molecular weight excluding hydrogens is 395 g/mol. The topological polar surface area (TPSA) is 83.1 Å². The van der Waals surface area contributed by atoms with Crippen LogP contribution in [0.2, 0.25) is 0 Å². The molecule has 0 saturated carbocycles. The van der Waals surface area contributed by atoms with Crippen molar-refractivity contribution in [2.24, 2.45) is 5.92 Å². The number of hydrogen-bond donors (Lipinski definition) is 3. The molecule has 6 nitrogen and oxygen atoms in total. The van der Waals surface area contributed by atoms with Crippen LogP contribution in [0.15, 0.2) is 18.2 Å². The summed E-state index contributed by atoms with van der Waals surface area (Å²) in [5, 5.41) is 9.56. The van der Waals surface area contributed by atoms with E-state index in [-0.39, 0.29) is 36.6 Å². The smallest absolute Gasteiger partial charge is 0.224 e. The molecule has 144 valence electrons. The molecule has 1 aliphatic rings. The molecule has 9 heteroatoms. The van der Waals surface area contributed by atoms with Crippen molar-refractivity contribution in [1.29, 1.82) is 0 Å². The van der Waals surface area contributed by atoms with Gasteiger partial charge in [-0.25, -0.2) is 4.98 Å². The number of thiazole rings is 1. The van der Waals surface area contributed by atoms with Crippen molar-refractivity contribution >= 4 is 69.0 Å². The Morgan fingerprint density at radius 3 is 2.65 bits per heavy atom. The average Bonchev–Trinajstić information content (AvgIpc) is 2.94. The molecular formula is C17H24Cl2N4O2S. The summed E-state index contributed by atoms with van der Waals surface area (Å²) in [5.74, 6) is 0.571. The fourth-order valence-electron chi connectivity index (χ4n) is 2.94. The first kappa shape index (κ1) is 22.6. The summed E-state index contributed by atoms with van der Waals surface area (Å²) in [6.45, 7) is 3.58. The highest BCUT2D eigenvalue weighted by molar-refractivity contribution is 7.22. The predicted octanol–water partition coefficient (Wildman–Crippen LogP) is 3.82. The summed E-state index contributed by atoms with van der Waals surface area (Å²) >= 11 is 1.40. The predicted molar refractivity (Wildman–Crippen MR) is 112 cm³/mol. The normalized spacial score (nSPS) is 14.2. The van der Waals surface area contributed by atoms with Gasteiger partial charge >= 0.3 is 0 Å². The zero-order valence-electron chi connectivity index (χ0n) is 14.5. The number of halogens is 2. The van der Waals surface area contributed by atoms with Gasteiger partial charge < -0.3 is 16.0 Å². The SMILES string of the molecule is CC(=O)Nc1nc2ccc(NC(=O)CCC3CCNCC3)cc2s1.Cl.Cl. The number of carbonyl (C=O) groups is 2. The van der Waals surface area contributed by atoms with Gasteiger partial charge in [0.2, 0.25) is 11.8 Å². The molecule has 0 unspecified atom stereocenters. The number of anilines is 2. The number of aromatic nitrogens is 1. The molecule has 0 bridgehead atoms. The lowest BCUT2D eigenvalue weighted by molar-refractivity contribution is -0.116. The lowest BCUT2D eigenvalue weighted by Crippen LogP contribution is -2.28. The van der Waals surface area contributed by atoms with Crippen LogP contribution in [0, 0.1) is 5.92 Å². The molecule has 0 spiro atoms. The van der Waals surface area contributed by atoms with Crippen molar-refractivity contribution in [1.82, 2.24) is 10.3 Å². The van der Waals surface area contributed by atoms with Crippen LogP contribution in [0.5, 0.6) is 0 Å². The van der Waals surface area contributed by atoms with Crippen molar-refractivity contribution in [3.05, 3.63) is 18.2 Å². The van der Waals surface area contributed by atoms with Crippen LogP contribution in [0.1, 0.15) is 32.6 Å². The Bertz CT molecular complexity index is 747. The summed E-state index contributed by atoms with van der Waals surface area (Å²) in [5.41, 5.74) is 1.59. The number of piperidine rings is 1. The molecule has 3 rings (SSSR count). The Labute approximate surface area is 169 Å². The quantitative estimate of drug-likeness (QED) is 0.688. The van der Waals surface area contributed by atoms with Gasteiger partial charge in [0.25, 0.3) is 0 Å². The summed E-state index contributed by atoms with van der Waals surface area (Å²) < 4.78 is 0.940. The molecule has 2 heterocycles. The van der Waals surface area contributed by atoms with E-state index in [1.807, 2.05) is 18.2 Å². The van der Waals surface area contributed by atoms with Gasteiger partial charge in [-0.2, -0.15) is 0 Å². The first-order valence-corrected chi connectivity index (χ1v) is 9.10. The molecule has 1 aromatic heterocycles. The minimum Gasteiger partial charge on any atom is -0.326 e. The van der Waals surface area contributed by atoms with Crippen LogP contribution >= 0.6 is 36.2 Å². The van der Waals surface area contributed by atoms with E-state index in [9.17, 15) is 9.59 Å². The van der Waals surface area contributed by atoms with Gasteiger partial charge in [-0.15, -0.1) is 24.8 Å². The minimum absolute atomic E-state index is 0. The first-order valence-electron chi connectivity index (χ1n) is 8.29. The average molecular weight is 419 g/mol. The van der Waals surface area contributed by atoms with E-state index >= 15 is 0 Å². The molecule has 1 saturated heterocycles. The van der Waals surface area contributed by atoms with Gasteiger partial charge in [0.15, 0.2) is 5.13 Å². The molecule has 1 aliphatic heterocycles. The van der Waals surface area contributed by atoms with Crippen LogP contribution in [-0.2, 0) is 9.59 Å². The third kappa shape index (κ3) is 6.39. The molecule has 1 fully saturated rings. The van der Waals surface area contributed by atoms with Gasteiger partial charge in [-0.05, 0) is 56.5 Å². The van der Waals surface area contributed by atoms with E-state index in [1.54, 1.807) is 0 Å². The van der Waals surface area contributed by atoms with Crippen LogP contribution in [0.4, 0.5) is 10.8 Å². The Morgan fingerprint density at radius 2 is 1.96 bits per heavy atom. The summed E-state index contributed by atoms with van der Waals surface area (Å²) in [7, 11) is 0. The summed E-state index contributed by atoms with van der Waals surface area (Å²) in [6.07, 6.45) is 3.82. The molecule has 3 N–H and O–H groups in total. The van der Waals surface area contributed by atoms with Crippen LogP contribution in [-0.4, -0.2) is 29.9 Å². The van der Waals surface area contributed by atoms with Gasteiger partial charge in [-0.1, -0.05) is 11.3 Å². The van der Waals surface area contributed by atoms with Crippen molar-refractivity contribution < 1.29 is 9.59 Å². The van der Waals surface area contributed by atoms with Crippen LogP contribution in [0.3, 0.4) is 0 Å². The maximum Gasteiger partial charge on any atom is 0.224 e. The van der Waals surface area contributed by atoms with Gasteiger partial charge in [0.05, 0.1) is 10.2 Å². The largest absolute Gasteiger partial charge is 0.326 e. The molecule has 2 amide bonds. The Morgan fingerprint density at radius 1 is 1.23 bits per heavy atom. The van der Waals surface area contributed by atoms with E-state index < -0.39 is 0 Å². The van der Waals surface area contributed by atoms with E-state index in [2.05, 4.69) is 20.9 Å². The summed E-state index contributed by atoms with van der Waals surface area (Å²) in [4.78, 5) is 27.6. The molecule has 0 aliphatic carbocycles. The maximum absolute atomic E-state index is 12.1. The second-order valence-electron chi connectivity index (χ2n) is 6.16. The highest BCUT2D eigenvalue weighted by Crippen LogP contribution is 2.28. The number of nitrogens with one attached hydrogen (secondary N) is 3. The number of fused-ring (bicyclic) bond motifs is 1. The van der Waals surface area contributed by atoms with E-state index in [0.29, 0.717) is 17.5 Å². The number of nitrogens with zero attached hydrogens (tertiary/aromatic N) is 1. The zero-order chi connectivity index (χ0) is 16.9. The molecule has 26 heavy (non-hydrogen) atoms. The molecule has 2 aromatic rings. The van der Waals surface area contributed by atoms with Crippen LogP contribution < -0.4 is 16.0 Å². The zero-order valence-corrected chi connectivity index (χ0v) is 17.0. The lowest BCUT2D eigenvalue weighted by atomic mass is 9.93. The van der Waals surface area contributed by atoms with E-state index in [0.717, 1.165) is 48.3 Å². The second kappa shape index (κ2) is 10.7. The van der Waals surface area contributed by atoms with Gasteiger partial charge in [0, 0.05) is 19.0 Å². The number of hydrogen-bond acceptors (Lipinski definition) is 5. The third-order valence-corrected chi connectivity index (χ3v) is 5.13. The highest BCUT2D eigenvalue weighted by atomic mass is 35.5. The molecule has 0 atom stereocenters. The summed E-state index contributed by atoms with van der Waals surface area (Å²) in [6, 6.07) is 5.61. The Kier molecular flexibility index (Phi) is 9.29. The van der Waals surface area contributed by atoms with Gasteiger partial charge in [-0.3, -0.25) is 9.59 Å². The van der Waals surface area contributed by atoms with Gasteiger partial charge in [0.1, 0.15) is 0 Å². The second-order valence-corrected chi connectivity index (χ2v) is 7.19. The lowest BCUT2D eigenvalue weighted by Gasteiger charge is -2.22. The molecule has 1 aromatic carbocycles. The van der Waals surface area contributed by atoms with Crippen molar-refractivity contribution in [2.45, 2.75) is 32.6 Å². The fraction of sp³-hybridized carbons (Fsp3) is 0.471. The number of amides is 2. The Hall–Kier alpha value is -1.41. The third-order valence-electron chi connectivity index (χ3n) is 4.19. The Balaban J connectivity index is 0.00000169. The van der Waals surface area contributed by atoms with E-state index in [1.165, 1.54) is 18.3 Å². The van der Waals surface area contributed by atoms with Crippen molar-refractivity contribution in [2.75, 3.05) is 23.7 Å². The standard InChI is InChI=1S/C17H22N4O2S.2ClH/c1-11(22)19-17-21-14-4-3-13(10-15(14)24-17)20-16(23)5-2-12-6-8-18-9-7-12;;/h3-4,10,12,18H,2,5-9H2,1H3,(H,20,23)(H,19,21,22);2*1H. The van der Waals surface area contributed by atoms with E-state index in [4.69, 9.17) is 0 Å². The monoisotopic (exact) mass is 418 g/mol. The number of benzene rings is 1. The highest BCUT2D eigenvalue weighted by Gasteiger charge is 2.15. The van der Waals surface area contributed by atoms with Crippen molar-refractivity contribution in [3.8, 4) is 0 Å². The minimum atomic E-state index is -0.138. The first-order chi connectivity index (χ1) is 11.6. The fourth-order valence-corrected chi connectivity index (χ4v) is 3.89. The maximum atomic E-state index is 12.1. The molecule has 0 radical (unpaired) electrons. The number of carbonyl (C=O) groups excluding carboxylic acids is 2. The number of rotatable bonds is 5. The van der Waals surface area contributed by atoms with Crippen LogP contribution in [0.25, 0.3) is 10.2 Å². The van der Waals surface area contributed by atoms with Crippen molar-refractivity contribution in [3.63, 3.8) is 0 Å².